The third-order valence-electron chi connectivity index (χ3n) is 3.92. The van der Waals surface area contributed by atoms with Gasteiger partial charge in [0.2, 0.25) is 0 Å². The number of rotatable bonds is 8. The normalized spacial score (nSPS) is 11.9. The summed E-state index contributed by atoms with van der Waals surface area (Å²) >= 11 is 6.97. The Labute approximate surface area is 167 Å². The maximum absolute atomic E-state index is 12.3. The van der Waals surface area contributed by atoms with Crippen molar-refractivity contribution >= 4 is 46.3 Å². The molecule has 5 nitrogen and oxygen atoms in total. The van der Waals surface area contributed by atoms with Crippen LogP contribution in [0.3, 0.4) is 0 Å². The predicted octanol–water partition coefficient (Wildman–Crippen LogP) is 5.06. The molecule has 1 aromatic heterocycles. The highest BCUT2D eigenvalue weighted by Crippen LogP contribution is 2.24. The van der Waals surface area contributed by atoms with Crippen molar-refractivity contribution in [3.05, 3.63) is 51.2 Å². The van der Waals surface area contributed by atoms with Gasteiger partial charge in [0.1, 0.15) is 0 Å². The van der Waals surface area contributed by atoms with Crippen LogP contribution in [0.15, 0.2) is 36.4 Å². The molecule has 0 bridgehead atoms. The van der Waals surface area contributed by atoms with Crippen LogP contribution in [0, 0.1) is 0 Å². The number of ether oxygens (including phenoxy) is 1. The van der Waals surface area contributed by atoms with Gasteiger partial charge in [0.25, 0.3) is 5.91 Å². The second-order valence-electron chi connectivity index (χ2n) is 6.39. The molecule has 0 aliphatic heterocycles. The smallest absolute Gasteiger partial charge is 0.307 e. The fraction of sp³-hybridized carbons (Fsp3) is 0.350. The summed E-state index contributed by atoms with van der Waals surface area (Å²) in [6.07, 6.45) is -1.03. The zero-order valence-electron chi connectivity index (χ0n) is 15.5. The van der Waals surface area contributed by atoms with Gasteiger partial charge < -0.3 is 10.1 Å². The molecule has 144 valence electrons. The lowest BCUT2D eigenvalue weighted by atomic mass is 10.0. The average Bonchev–Trinajstić information content (AvgIpc) is 3.06. The first kappa shape index (κ1) is 21.1. The number of nitrogens with one attached hydrogen (secondary N) is 1. The van der Waals surface area contributed by atoms with Crippen molar-refractivity contribution in [3.8, 4) is 0 Å². The summed E-state index contributed by atoms with van der Waals surface area (Å²) in [5, 5.41) is 2.79. The quantitative estimate of drug-likeness (QED) is 0.490. The summed E-state index contributed by atoms with van der Waals surface area (Å²) < 4.78 is 5.67. The number of amides is 1. The fourth-order valence-corrected chi connectivity index (χ4v) is 3.47. The van der Waals surface area contributed by atoms with Gasteiger partial charge in [0.05, 0.1) is 15.6 Å². The number of carbonyl (C=O) groups excluding carboxylic acids is 3. The van der Waals surface area contributed by atoms with Crippen LogP contribution in [0.5, 0.6) is 0 Å². The number of esters is 1. The Morgan fingerprint density at radius 2 is 1.78 bits per heavy atom. The summed E-state index contributed by atoms with van der Waals surface area (Å²) in [5.41, 5.74) is 1.70. The number of para-hydroxylation sites is 1. The third-order valence-corrected chi connectivity index (χ3v) is 5.19. The standard InChI is InChI=1S/C20H22ClNO4S/c1-12(2)14-6-4-5-7-15(14)22-20(25)13(3)26-19(24)11-8-16(23)17-9-10-18(21)27-17/h4-7,9-10,12-13H,8,11H2,1-3H3,(H,22,25)/t13-/m1/s1. The molecule has 1 heterocycles. The Balaban J connectivity index is 1.85. The van der Waals surface area contributed by atoms with Gasteiger partial charge in [-0.25, -0.2) is 0 Å². The van der Waals surface area contributed by atoms with E-state index in [-0.39, 0.29) is 24.5 Å². The largest absolute Gasteiger partial charge is 0.453 e. The van der Waals surface area contributed by atoms with E-state index in [4.69, 9.17) is 16.3 Å². The molecule has 27 heavy (non-hydrogen) atoms. The molecule has 0 unspecified atom stereocenters. The average molecular weight is 408 g/mol. The van der Waals surface area contributed by atoms with Gasteiger partial charge in [-0.1, -0.05) is 43.6 Å². The first-order valence-corrected chi connectivity index (χ1v) is 9.85. The Bertz CT molecular complexity index is 831. The molecule has 0 saturated heterocycles. The molecule has 1 amide bonds. The highest BCUT2D eigenvalue weighted by Gasteiger charge is 2.20. The minimum Gasteiger partial charge on any atom is -0.453 e. The van der Waals surface area contributed by atoms with Crippen LogP contribution in [0.4, 0.5) is 5.69 Å². The van der Waals surface area contributed by atoms with Gasteiger partial charge in [-0.05, 0) is 36.6 Å². The summed E-state index contributed by atoms with van der Waals surface area (Å²) in [6.45, 7) is 5.57. The molecule has 1 atom stereocenters. The summed E-state index contributed by atoms with van der Waals surface area (Å²) in [6, 6.07) is 10.8. The van der Waals surface area contributed by atoms with Gasteiger partial charge in [-0.2, -0.15) is 0 Å². The summed E-state index contributed by atoms with van der Waals surface area (Å²) in [5.74, 6) is -0.929. The van der Waals surface area contributed by atoms with E-state index in [1.165, 1.54) is 18.3 Å². The van der Waals surface area contributed by atoms with Gasteiger partial charge in [0, 0.05) is 12.1 Å². The van der Waals surface area contributed by atoms with E-state index in [0.717, 1.165) is 5.56 Å². The minimum absolute atomic E-state index is 0.0141. The molecule has 0 aliphatic rings. The molecule has 1 aromatic carbocycles. The summed E-state index contributed by atoms with van der Waals surface area (Å²) in [7, 11) is 0. The molecule has 0 radical (unpaired) electrons. The number of hydrogen-bond acceptors (Lipinski definition) is 5. The fourth-order valence-electron chi connectivity index (χ4n) is 2.46. The molecular formula is C20H22ClNO4S. The zero-order chi connectivity index (χ0) is 20.0. The number of benzene rings is 1. The van der Waals surface area contributed by atoms with E-state index in [1.807, 2.05) is 38.1 Å². The van der Waals surface area contributed by atoms with Crippen LogP contribution >= 0.6 is 22.9 Å². The molecule has 2 aromatic rings. The summed E-state index contributed by atoms with van der Waals surface area (Å²) in [4.78, 5) is 36.8. The highest BCUT2D eigenvalue weighted by atomic mass is 35.5. The number of halogens is 1. The first-order chi connectivity index (χ1) is 12.8. The molecule has 1 N–H and O–H groups in total. The van der Waals surface area contributed by atoms with E-state index in [2.05, 4.69) is 5.32 Å². The lowest BCUT2D eigenvalue weighted by Gasteiger charge is -2.17. The maximum Gasteiger partial charge on any atom is 0.307 e. The van der Waals surface area contributed by atoms with Crippen LogP contribution in [-0.4, -0.2) is 23.8 Å². The molecule has 7 heteroatoms. The van der Waals surface area contributed by atoms with E-state index in [9.17, 15) is 14.4 Å². The minimum atomic E-state index is -0.955. The van der Waals surface area contributed by atoms with E-state index >= 15 is 0 Å². The maximum atomic E-state index is 12.3. The Morgan fingerprint density at radius 3 is 2.41 bits per heavy atom. The van der Waals surface area contributed by atoms with Crippen LogP contribution < -0.4 is 5.32 Å². The van der Waals surface area contributed by atoms with Crippen LogP contribution in [0.25, 0.3) is 0 Å². The predicted molar refractivity (Wildman–Crippen MR) is 108 cm³/mol. The SMILES string of the molecule is CC(C)c1ccccc1NC(=O)[C@@H](C)OC(=O)CCC(=O)c1ccc(Cl)s1. The van der Waals surface area contributed by atoms with Crippen molar-refractivity contribution in [1.29, 1.82) is 0 Å². The zero-order valence-corrected chi connectivity index (χ0v) is 17.0. The van der Waals surface area contributed by atoms with E-state index < -0.39 is 18.0 Å². The Hall–Kier alpha value is -2.18. The number of anilines is 1. The highest BCUT2D eigenvalue weighted by molar-refractivity contribution is 7.18. The number of Topliss-reactive ketones (excluding diaryl/α,β-unsaturated/α-hetero) is 1. The van der Waals surface area contributed by atoms with Gasteiger partial charge in [0.15, 0.2) is 11.9 Å². The topological polar surface area (TPSA) is 72.5 Å². The van der Waals surface area contributed by atoms with Crippen molar-refractivity contribution < 1.29 is 19.1 Å². The molecule has 0 saturated carbocycles. The van der Waals surface area contributed by atoms with Crippen molar-refractivity contribution in [2.24, 2.45) is 0 Å². The number of hydrogen-bond donors (Lipinski definition) is 1. The van der Waals surface area contributed by atoms with Gasteiger partial charge in [-0.15, -0.1) is 11.3 Å². The lowest BCUT2D eigenvalue weighted by molar-refractivity contribution is -0.153. The van der Waals surface area contributed by atoms with Crippen LogP contribution in [0.1, 0.15) is 54.8 Å². The van der Waals surface area contributed by atoms with Gasteiger partial charge >= 0.3 is 5.97 Å². The lowest BCUT2D eigenvalue weighted by Crippen LogP contribution is -2.30. The van der Waals surface area contributed by atoms with Crippen molar-refractivity contribution in [3.63, 3.8) is 0 Å². The first-order valence-electron chi connectivity index (χ1n) is 8.65. The van der Waals surface area contributed by atoms with Crippen molar-refractivity contribution in [2.75, 3.05) is 5.32 Å². The second kappa shape index (κ2) is 9.67. The van der Waals surface area contributed by atoms with Gasteiger partial charge in [-0.3, -0.25) is 14.4 Å². The molecule has 0 fully saturated rings. The van der Waals surface area contributed by atoms with Crippen LogP contribution in [0.2, 0.25) is 4.34 Å². The number of ketones is 1. The third kappa shape index (κ3) is 6.19. The van der Waals surface area contributed by atoms with E-state index in [0.29, 0.717) is 14.9 Å². The number of carbonyl (C=O) groups is 3. The number of thiophene rings is 1. The molecule has 2 rings (SSSR count). The van der Waals surface area contributed by atoms with Crippen molar-refractivity contribution in [2.45, 2.75) is 45.6 Å². The monoisotopic (exact) mass is 407 g/mol. The Morgan fingerprint density at radius 1 is 1.07 bits per heavy atom. The van der Waals surface area contributed by atoms with Crippen LogP contribution in [-0.2, 0) is 14.3 Å². The van der Waals surface area contributed by atoms with E-state index in [1.54, 1.807) is 12.1 Å². The Kier molecular flexibility index (Phi) is 7.56. The molecule has 0 spiro atoms. The molecular weight excluding hydrogens is 386 g/mol. The second-order valence-corrected chi connectivity index (χ2v) is 8.11. The van der Waals surface area contributed by atoms with Crippen molar-refractivity contribution in [1.82, 2.24) is 0 Å². The molecule has 0 aliphatic carbocycles.